The maximum atomic E-state index is 10.6. The fraction of sp³-hybridized carbons (Fsp3) is 0.533. The molecule has 4 nitrogen and oxygen atoms in total. The van der Waals surface area contributed by atoms with Gasteiger partial charge in [0.25, 0.3) is 0 Å². The molecule has 1 aromatic carbocycles. The first-order valence-corrected chi connectivity index (χ1v) is 7.25. The number of hydrogen-bond acceptors (Lipinski definition) is 4. The molecule has 0 aromatic heterocycles. The van der Waals surface area contributed by atoms with E-state index >= 15 is 0 Å². The topological polar surface area (TPSA) is 41.9 Å². The Hall–Kier alpha value is -1.35. The lowest BCUT2D eigenvalue weighted by atomic mass is 9.72. The van der Waals surface area contributed by atoms with Crippen LogP contribution >= 0.6 is 11.6 Å². The largest absolute Gasteiger partial charge is 0.486 e. The maximum absolute atomic E-state index is 10.6. The number of carbonyl (C=O) groups excluding carboxylic acids is 1. The summed E-state index contributed by atoms with van der Waals surface area (Å²) in [6.07, 6.45) is 4.75. The second-order valence-corrected chi connectivity index (χ2v) is 6.10. The SMILES string of the molecule is CN1CC(Oc2ccc(C3(N=C=O)CCC3)cc2Cl)C1. The number of rotatable bonds is 4. The van der Waals surface area contributed by atoms with Crippen molar-refractivity contribution in [2.45, 2.75) is 30.9 Å². The van der Waals surface area contributed by atoms with Crippen LogP contribution in [0.4, 0.5) is 0 Å². The smallest absolute Gasteiger partial charge is 0.235 e. The Labute approximate surface area is 123 Å². The lowest BCUT2D eigenvalue weighted by molar-refractivity contribution is 0.0388. The third kappa shape index (κ3) is 2.35. The van der Waals surface area contributed by atoms with Crippen molar-refractivity contribution >= 4 is 17.7 Å². The average Bonchev–Trinajstić information content (AvgIpc) is 2.34. The summed E-state index contributed by atoms with van der Waals surface area (Å²) in [6, 6.07) is 5.72. The van der Waals surface area contributed by atoms with Gasteiger partial charge in [0, 0.05) is 13.1 Å². The first kappa shape index (κ1) is 13.6. The summed E-state index contributed by atoms with van der Waals surface area (Å²) >= 11 is 6.30. The van der Waals surface area contributed by atoms with E-state index in [0.717, 1.165) is 37.9 Å². The molecule has 1 aliphatic heterocycles. The molecule has 1 aromatic rings. The fourth-order valence-corrected chi connectivity index (χ4v) is 3.07. The predicted octanol–water partition coefficient (Wildman–Crippen LogP) is 2.75. The highest BCUT2D eigenvalue weighted by Crippen LogP contribution is 2.46. The summed E-state index contributed by atoms with van der Waals surface area (Å²) in [5.74, 6) is 0.707. The Bertz CT molecular complexity index is 559. The molecule has 2 fully saturated rings. The van der Waals surface area contributed by atoms with Crippen molar-refractivity contribution in [3.63, 3.8) is 0 Å². The molecule has 0 radical (unpaired) electrons. The Morgan fingerprint density at radius 1 is 1.45 bits per heavy atom. The van der Waals surface area contributed by atoms with E-state index in [-0.39, 0.29) is 6.10 Å². The van der Waals surface area contributed by atoms with Gasteiger partial charge >= 0.3 is 0 Å². The van der Waals surface area contributed by atoms with Crippen LogP contribution in [-0.4, -0.2) is 37.2 Å². The Balaban J connectivity index is 1.78. The van der Waals surface area contributed by atoms with Gasteiger partial charge in [-0.1, -0.05) is 17.7 Å². The van der Waals surface area contributed by atoms with Gasteiger partial charge in [-0.15, -0.1) is 0 Å². The van der Waals surface area contributed by atoms with Crippen LogP contribution in [0.5, 0.6) is 5.75 Å². The van der Waals surface area contributed by atoms with Gasteiger partial charge in [-0.2, -0.15) is 4.99 Å². The molecule has 0 N–H and O–H groups in total. The molecule has 20 heavy (non-hydrogen) atoms. The third-order valence-electron chi connectivity index (χ3n) is 4.23. The highest BCUT2D eigenvalue weighted by Gasteiger charge is 2.39. The van der Waals surface area contributed by atoms with Crippen LogP contribution in [0, 0.1) is 0 Å². The van der Waals surface area contributed by atoms with Crippen molar-refractivity contribution in [2.24, 2.45) is 4.99 Å². The number of benzene rings is 1. The third-order valence-corrected chi connectivity index (χ3v) is 4.53. The van der Waals surface area contributed by atoms with E-state index in [9.17, 15) is 4.79 Å². The van der Waals surface area contributed by atoms with Crippen molar-refractivity contribution in [1.29, 1.82) is 0 Å². The molecule has 3 rings (SSSR count). The van der Waals surface area contributed by atoms with Gasteiger partial charge in [-0.05, 0) is 44.0 Å². The average molecular weight is 293 g/mol. The molecule has 106 valence electrons. The Morgan fingerprint density at radius 3 is 2.70 bits per heavy atom. The first-order chi connectivity index (χ1) is 9.63. The lowest BCUT2D eigenvalue weighted by Crippen LogP contribution is -2.51. The van der Waals surface area contributed by atoms with Gasteiger partial charge in [0.15, 0.2) is 0 Å². The van der Waals surface area contributed by atoms with E-state index in [2.05, 4.69) is 16.9 Å². The highest BCUT2D eigenvalue weighted by atomic mass is 35.5. The van der Waals surface area contributed by atoms with Crippen LogP contribution in [0.3, 0.4) is 0 Å². The van der Waals surface area contributed by atoms with Crippen LogP contribution < -0.4 is 4.74 Å². The second kappa shape index (κ2) is 5.21. The maximum Gasteiger partial charge on any atom is 0.235 e. The van der Waals surface area contributed by atoms with Gasteiger partial charge in [0.1, 0.15) is 11.9 Å². The van der Waals surface area contributed by atoms with Crippen molar-refractivity contribution in [2.75, 3.05) is 20.1 Å². The summed E-state index contributed by atoms with van der Waals surface area (Å²) in [7, 11) is 2.06. The molecule has 1 heterocycles. The van der Waals surface area contributed by atoms with Gasteiger partial charge < -0.3 is 4.74 Å². The Morgan fingerprint density at radius 2 is 2.20 bits per heavy atom. The van der Waals surface area contributed by atoms with E-state index in [0.29, 0.717) is 10.8 Å². The molecule has 1 aliphatic carbocycles. The molecule has 0 bridgehead atoms. The first-order valence-electron chi connectivity index (χ1n) is 6.87. The second-order valence-electron chi connectivity index (χ2n) is 5.69. The zero-order chi connectivity index (χ0) is 14.2. The number of likely N-dealkylation sites (N-methyl/N-ethyl adjacent to an activating group) is 1. The fourth-order valence-electron chi connectivity index (χ4n) is 2.85. The molecule has 1 saturated carbocycles. The number of nitrogens with zero attached hydrogens (tertiary/aromatic N) is 2. The molecule has 1 saturated heterocycles. The predicted molar refractivity (Wildman–Crippen MR) is 77.0 cm³/mol. The monoisotopic (exact) mass is 292 g/mol. The zero-order valence-electron chi connectivity index (χ0n) is 11.4. The van der Waals surface area contributed by atoms with Crippen molar-refractivity contribution < 1.29 is 9.53 Å². The van der Waals surface area contributed by atoms with Crippen molar-refractivity contribution in [1.82, 2.24) is 4.90 Å². The lowest BCUT2D eigenvalue weighted by Gasteiger charge is -2.38. The number of halogens is 1. The number of hydrogen-bond donors (Lipinski definition) is 0. The number of likely N-dealkylation sites (tertiary alicyclic amines) is 1. The van der Waals surface area contributed by atoms with Crippen molar-refractivity contribution in [3.05, 3.63) is 28.8 Å². The molecule has 0 atom stereocenters. The molecule has 2 aliphatic rings. The van der Waals surface area contributed by atoms with Gasteiger partial charge in [0.2, 0.25) is 6.08 Å². The minimum absolute atomic E-state index is 0.217. The summed E-state index contributed by atoms with van der Waals surface area (Å²) < 4.78 is 5.85. The molecule has 0 unspecified atom stereocenters. The van der Waals surface area contributed by atoms with Crippen LogP contribution in [-0.2, 0) is 10.3 Å². The molecular formula is C15H17ClN2O2. The van der Waals surface area contributed by atoms with Crippen molar-refractivity contribution in [3.8, 4) is 5.75 Å². The zero-order valence-corrected chi connectivity index (χ0v) is 12.2. The number of ether oxygens (including phenoxy) is 1. The van der Waals surface area contributed by atoms with Crippen LogP contribution in [0.1, 0.15) is 24.8 Å². The Kier molecular flexibility index (Phi) is 3.55. The van der Waals surface area contributed by atoms with E-state index in [1.165, 1.54) is 0 Å². The summed E-state index contributed by atoms with van der Waals surface area (Å²) in [4.78, 5) is 16.8. The van der Waals surface area contributed by atoms with Crippen LogP contribution in [0.2, 0.25) is 5.02 Å². The molecular weight excluding hydrogens is 276 g/mol. The summed E-state index contributed by atoms with van der Waals surface area (Å²) in [5.41, 5.74) is 0.579. The van der Waals surface area contributed by atoms with E-state index in [1.54, 1.807) is 6.08 Å². The minimum Gasteiger partial charge on any atom is -0.486 e. The van der Waals surface area contributed by atoms with E-state index < -0.39 is 5.54 Å². The van der Waals surface area contributed by atoms with E-state index in [4.69, 9.17) is 16.3 Å². The molecule has 0 spiro atoms. The number of isocyanates is 1. The normalized spacial score (nSPS) is 21.5. The van der Waals surface area contributed by atoms with Gasteiger partial charge in [0.05, 0.1) is 10.6 Å². The summed E-state index contributed by atoms with van der Waals surface area (Å²) in [5, 5.41) is 0.587. The molecule has 0 amide bonds. The summed E-state index contributed by atoms with van der Waals surface area (Å²) in [6.45, 7) is 1.86. The van der Waals surface area contributed by atoms with E-state index in [1.807, 2.05) is 18.2 Å². The quantitative estimate of drug-likeness (QED) is 0.633. The number of aliphatic imine (C=N–C) groups is 1. The van der Waals surface area contributed by atoms with Gasteiger partial charge in [-0.25, -0.2) is 4.79 Å². The molecule has 5 heteroatoms. The highest BCUT2D eigenvalue weighted by molar-refractivity contribution is 6.32. The van der Waals surface area contributed by atoms with Crippen LogP contribution in [0.25, 0.3) is 0 Å². The van der Waals surface area contributed by atoms with Crippen LogP contribution in [0.15, 0.2) is 23.2 Å². The standard InChI is InChI=1S/C15H17ClN2O2/c1-18-8-12(9-18)20-14-4-3-11(7-13(14)16)15(17-10-19)5-2-6-15/h3-4,7,12H,2,5-6,8-9H2,1H3. The van der Waals surface area contributed by atoms with Gasteiger partial charge in [-0.3, -0.25) is 4.90 Å². The minimum atomic E-state index is -0.402.